The van der Waals surface area contributed by atoms with Crippen LogP contribution in [-0.2, 0) is 0 Å². The minimum Gasteiger partial charge on any atom is -0.321 e. The van der Waals surface area contributed by atoms with Gasteiger partial charge in [0.25, 0.3) is 11.8 Å². The molecule has 2 amide bonds. The van der Waals surface area contributed by atoms with Crippen LogP contribution < -0.4 is 10.6 Å². The molecule has 0 atom stereocenters. The van der Waals surface area contributed by atoms with Crippen molar-refractivity contribution in [2.45, 2.75) is 0 Å². The van der Waals surface area contributed by atoms with Gasteiger partial charge in [0, 0.05) is 20.8 Å². The molecule has 2 N–H and O–H groups in total. The maximum absolute atomic E-state index is 12.5. The van der Waals surface area contributed by atoms with E-state index in [-0.39, 0.29) is 11.8 Å². The summed E-state index contributed by atoms with van der Waals surface area (Å²) in [6.45, 7) is 0. The minimum atomic E-state index is -0.140. The normalized spacial score (nSPS) is 10.9. The summed E-state index contributed by atoms with van der Waals surface area (Å²) in [7, 11) is 0. The summed E-state index contributed by atoms with van der Waals surface area (Å²) in [5, 5.41) is 7.94. The number of carbonyl (C=O) groups is 2. The Labute approximate surface area is 180 Å². The molecule has 0 radical (unpaired) electrons. The lowest BCUT2D eigenvalue weighted by atomic mass is 10.2. The van der Waals surface area contributed by atoms with Gasteiger partial charge in [0.15, 0.2) is 0 Å². The lowest BCUT2D eigenvalue weighted by Gasteiger charge is -2.06. The van der Waals surface area contributed by atoms with E-state index in [1.165, 1.54) is 22.7 Å². The molecule has 3 aromatic carbocycles. The summed E-state index contributed by atoms with van der Waals surface area (Å²) >= 11 is 2.94. The zero-order valence-electron chi connectivity index (χ0n) is 15.7. The molecule has 0 aliphatic heterocycles. The Bertz CT molecular complexity index is 1210. The van der Waals surface area contributed by atoms with Gasteiger partial charge >= 0.3 is 0 Å². The number of rotatable bonds is 4. The van der Waals surface area contributed by atoms with Crippen molar-refractivity contribution < 1.29 is 9.59 Å². The van der Waals surface area contributed by atoms with E-state index in [1.54, 1.807) is 24.3 Å². The zero-order valence-corrected chi connectivity index (χ0v) is 17.3. The second-order valence-corrected chi connectivity index (χ2v) is 8.95. The van der Waals surface area contributed by atoms with Crippen molar-refractivity contribution in [1.29, 1.82) is 0 Å². The Hall–Kier alpha value is -3.48. The van der Waals surface area contributed by atoms with Crippen LogP contribution in [0.5, 0.6) is 0 Å². The summed E-state index contributed by atoms with van der Waals surface area (Å²) < 4.78 is 2.17. The fraction of sp³-hybridized carbons (Fsp3) is 0. The van der Waals surface area contributed by atoms with Gasteiger partial charge in [-0.2, -0.15) is 0 Å². The zero-order chi connectivity index (χ0) is 20.5. The highest BCUT2D eigenvalue weighted by atomic mass is 32.1. The van der Waals surface area contributed by atoms with Crippen LogP contribution in [0.2, 0.25) is 0 Å². The number of amides is 2. The second-order valence-electron chi connectivity index (χ2n) is 6.78. The van der Waals surface area contributed by atoms with E-state index in [0.29, 0.717) is 21.1 Å². The molecule has 0 spiro atoms. The van der Waals surface area contributed by atoms with Crippen LogP contribution in [-0.4, -0.2) is 11.8 Å². The van der Waals surface area contributed by atoms with E-state index in [4.69, 9.17) is 0 Å². The van der Waals surface area contributed by atoms with Gasteiger partial charge < -0.3 is 10.6 Å². The first-order chi connectivity index (χ1) is 14.7. The molecule has 2 aromatic heterocycles. The summed E-state index contributed by atoms with van der Waals surface area (Å²) in [5.74, 6) is -0.281. The Morgan fingerprint density at radius 1 is 0.567 bits per heavy atom. The predicted octanol–water partition coefficient (Wildman–Crippen LogP) is 6.62. The monoisotopic (exact) mass is 428 g/mol. The van der Waals surface area contributed by atoms with E-state index >= 15 is 0 Å². The van der Waals surface area contributed by atoms with Crippen molar-refractivity contribution in [3.63, 3.8) is 0 Å². The van der Waals surface area contributed by atoms with Gasteiger partial charge in [0.2, 0.25) is 0 Å². The Morgan fingerprint density at radius 2 is 0.967 bits per heavy atom. The van der Waals surface area contributed by atoms with Crippen LogP contribution in [0.25, 0.3) is 20.2 Å². The molecule has 2 heterocycles. The van der Waals surface area contributed by atoms with Crippen LogP contribution >= 0.6 is 22.7 Å². The number of benzene rings is 3. The highest BCUT2D eigenvalue weighted by Gasteiger charge is 2.12. The molecule has 0 fully saturated rings. The third-order valence-corrected chi connectivity index (χ3v) is 6.93. The molecule has 4 nitrogen and oxygen atoms in total. The molecule has 0 unspecified atom stereocenters. The van der Waals surface area contributed by atoms with Gasteiger partial charge in [-0.25, -0.2) is 0 Å². The van der Waals surface area contributed by atoms with E-state index in [2.05, 4.69) is 10.6 Å². The van der Waals surface area contributed by atoms with Crippen LogP contribution in [0.15, 0.2) is 84.9 Å². The van der Waals surface area contributed by atoms with Gasteiger partial charge in [-0.3, -0.25) is 9.59 Å². The minimum absolute atomic E-state index is 0.140. The van der Waals surface area contributed by atoms with E-state index in [9.17, 15) is 9.59 Å². The summed E-state index contributed by atoms with van der Waals surface area (Å²) in [5.41, 5.74) is 1.36. The molecule has 5 rings (SSSR count). The predicted molar refractivity (Wildman–Crippen MR) is 126 cm³/mol. The van der Waals surface area contributed by atoms with Crippen LogP contribution in [0, 0.1) is 0 Å². The Balaban J connectivity index is 1.26. The topological polar surface area (TPSA) is 58.2 Å². The smallest absolute Gasteiger partial charge is 0.265 e. The molecule has 0 saturated carbocycles. The van der Waals surface area contributed by atoms with Crippen molar-refractivity contribution in [3.05, 3.63) is 94.7 Å². The van der Waals surface area contributed by atoms with Crippen molar-refractivity contribution >= 4 is 66.0 Å². The lowest BCUT2D eigenvalue weighted by molar-refractivity contribution is 0.102. The molecular formula is C24H16N2O2S2. The van der Waals surface area contributed by atoms with E-state index in [1.807, 2.05) is 60.7 Å². The van der Waals surface area contributed by atoms with Crippen LogP contribution in [0.4, 0.5) is 11.4 Å². The maximum atomic E-state index is 12.5. The van der Waals surface area contributed by atoms with Gasteiger partial charge in [-0.15, -0.1) is 22.7 Å². The maximum Gasteiger partial charge on any atom is 0.265 e. The van der Waals surface area contributed by atoms with E-state index in [0.717, 1.165) is 20.2 Å². The molecule has 146 valence electrons. The van der Waals surface area contributed by atoms with Crippen LogP contribution in [0.3, 0.4) is 0 Å². The first-order valence-electron chi connectivity index (χ1n) is 9.36. The van der Waals surface area contributed by atoms with E-state index < -0.39 is 0 Å². The Morgan fingerprint density at radius 3 is 1.37 bits per heavy atom. The Kier molecular flexibility index (Phi) is 4.78. The average Bonchev–Trinajstić information content (AvgIpc) is 3.39. The van der Waals surface area contributed by atoms with Crippen molar-refractivity contribution in [3.8, 4) is 0 Å². The fourth-order valence-corrected chi connectivity index (χ4v) is 5.13. The second kappa shape index (κ2) is 7.74. The average molecular weight is 429 g/mol. The first kappa shape index (κ1) is 18.5. The molecule has 30 heavy (non-hydrogen) atoms. The quantitative estimate of drug-likeness (QED) is 0.338. The number of carbonyl (C=O) groups excluding carboxylic acids is 2. The molecule has 0 saturated heterocycles. The third-order valence-electron chi connectivity index (χ3n) is 4.70. The highest BCUT2D eigenvalue weighted by Crippen LogP contribution is 2.27. The fourth-order valence-electron chi connectivity index (χ4n) is 3.21. The third kappa shape index (κ3) is 3.70. The van der Waals surface area contributed by atoms with Crippen molar-refractivity contribution in [1.82, 2.24) is 0 Å². The van der Waals surface area contributed by atoms with Gasteiger partial charge in [0.05, 0.1) is 9.75 Å². The largest absolute Gasteiger partial charge is 0.321 e. The number of fused-ring (bicyclic) bond motifs is 2. The lowest BCUT2D eigenvalue weighted by Crippen LogP contribution is -2.11. The SMILES string of the molecule is O=C(Nc1ccc(NC(=O)c2cc3ccccc3s2)cc1)c1cc2ccccc2s1. The number of hydrogen-bond donors (Lipinski definition) is 2. The first-order valence-corrected chi connectivity index (χ1v) is 11.0. The van der Waals surface area contributed by atoms with Crippen molar-refractivity contribution in [2.75, 3.05) is 10.6 Å². The highest BCUT2D eigenvalue weighted by molar-refractivity contribution is 7.21. The summed E-state index contributed by atoms with van der Waals surface area (Å²) in [6, 6.07) is 26.8. The van der Waals surface area contributed by atoms with Crippen LogP contribution in [0.1, 0.15) is 19.3 Å². The molecule has 0 aliphatic rings. The van der Waals surface area contributed by atoms with Gasteiger partial charge in [-0.05, 0) is 59.3 Å². The summed E-state index contributed by atoms with van der Waals surface area (Å²) in [6.07, 6.45) is 0. The molecule has 0 aliphatic carbocycles. The summed E-state index contributed by atoms with van der Waals surface area (Å²) in [4.78, 5) is 26.4. The number of hydrogen-bond acceptors (Lipinski definition) is 4. The molecule has 0 bridgehead atoms. The van der Waals surface area contributed by atoms with Crippen molar-refractivity contribution in [2.24, 2.45) is 0 Å². The molecule has 6 heteroatoms. The number of nitrogens with one attached hydrogen (secondary N) is 2. The van der Waals surface area contributed by atoms with Gasteiger partial charge in [-0.1, -0.05) is 36.4 Å². The molecule has 5 aromatic rings. The number of anilines is 2. The number of thiophene rings is 2. The standard InChI is InChI=1S/C24H16N2O2S2/c27-23(21-13-15-5-1-3-7-19(15)29-21)25-17-9-11-18(12-10-17)26-24(28)22-14-16-6-2-4-8-20(16)30-22/h1-14H,(H,25,27)(H,26,28). The van der Waals surface area contributed by atoms with Gasteiger partial charge in [0.1, 0.15) is 0 Å². The molecular weight excluding hydrogens is 412 g/mol.